The summed E-state index contributed by atoms with van der Waals surface area (Å²) in [6, 6.07) is 11.9. The van der Waals surface area contributed by atoms with Gasteiger partial charge >= 0.3 is 0 Å². The zero-order valence-corrected chi connectivity index (χ0v) is 14.9. The Morgan fingerprint density at radius 1 is 1.21 bits per heavy atom. The van der Waals surface area contributed by atoms with Gasteiger partial charge in [0.05, 0.1) is 12.1 Å². The molecular weight excluding hydrogens is 326 g/mol. The van der Waals surface area contributed by atoms with Crippen molar-refractivity contribution < 1.29 is 14.6 Å². The molecule has 5 heteroatoms. The molecular formula is C19H24ClNO3. The van der Waals surface area contributed by atoms with Crippen molar-refractivity contribution in [3.8, 4) is 11.5 Å². The Morgan fingerprint density at radius 2 is 2.00 bits per heavy atom. The van der Waals surface area contributed by atoms with Crippen LogP contribution >= 0.6 is 11.6 Å². The number of rotatable bonds is 9. The molecule has 0 aliphatic carbocycles. The average Bonchev–Trinajstić information content (AvgIpc) is 2.58. The lowest BCUT2D eigenvalue weighted by Gasteiger charge is -2.15. The molecule has 0 amide bonds. The first kappa shape index (κ1) is 18.6. The number of nitrogens with one attached hydrogen (secondary N) is 1. The Bertz CT molecular complexity index is 661. The second kappa shape index (κ2) is 9.52. The Kier molecular flexibility index (Phi) is 7.37. The molecule has 0 aliphatic heterocycles. The highest BCUT2D eigenvalue weighted by Crippen LogP contribution is 2.37. The van der Waals surface area contributed by atoms with Gasteiger partial charge in [0.2, 0.25) is 0 Å². The van der Waals surface area contributed by atoms with Gasteiger partial charge in [0.15, 0.2) is 11.5 Å². The predicted molar refractivity (Wildman–Crippen MR) is 96.9 cm³/mol. The average molecular weight is 350 g/mol. The molecule has 2 aromatic rings. The summed E-state index contributed by atoms with van der Waals surface area (Å²) in [5.41, 5.74) is 3.31. The van der Waals surface area contributed by atoms with Crippen LogP contribution in [-0.2, 0) is 13.2 Å². The number of hydrogen-bond donors (Lipinski definition) is 2. The lowest BCUT2D eigenvalue weighted by atomic mass is 10.1. The highest BCUT2D eigenvalue weighted by atomic mass is 35.5. The van der Waals surface area contributed by atoms with Crippen molar-refractivity contribution >= 4 is 11.6 Å². The first-order chi connectivity index (χ1) is 11.7. The molecule has 0 unspecified atom stereocenters. The van der Waals surface area contributed by atoms with Gasteiger partial charge in [-0.1, -0.05) is 35.9 Å². The highest BCUT2D eigenvalue weighted by Gasteiger charge is 2.12. The fourth-order valence-corrected chi connectivity index (χ4v) is 2.66. The van der Waals surface area contributed by atoms with Crippen LogP contribution in [0.2, 0.25) is 5.02 Å². The van der Waals surface area contributed by atoms with E-state index in [-0.39, 0.29) is 6.61 Å². The van der Waals surface area contributed by atoms with E-state index in [0.29, 0.717) is 29.7 Å². The smallest absolute Gasteiger partial charge is 0.180 e. The Balaban J connectivity index is 2.08. The van der Waals surface area contributed by atoms with E-state index in [1.807, 2.05) is 30.3 Å². The van der Waals surface area contributed by atoms with E-state index in [9.17, 15) is 0 Å². The number of aliphatic hydroxyl groups excluding tert-OH is 1. The van der Waals surface area contributed by atoms with Crippen molar-refractivity contribution in [2.24, 2.45) is 0 Å². The molecule has 0 heterocycles. The predicted octanol–water partition coefficient (Wildman–Crippen LogP) is 3.71. The number of ether oxygens (including phenoxy) is 2. The van der Waals surface area contributed by atoms with Gasteiger partial charge in [-0.3, -0.25) is 0 Å². The molecule has 0 bridgehead atoms. The summed E-state index contributed by atoms with van der Waals surface area (Å²) in [4.78, 5) is 0. The van der Waals surface area contributed by atoms with Gasteiger partial charge in [-0.2, -0.15) is 0 Å². The normalized spacial score (nSPS) is 10.7. The van der Waals surface area contributed by atoms with E-state index in [0.717, 1.165) is 24.1 Å². The van der Waals surface area contributed by atoms with Gasteiger partial charge in [0, 0.05) is 13.2 Å². The maximum atomic E-state index is 8.80. The third kappa shape index (κ3) is 5.13. The molecule has 2 rings (SSSR count). The molecule has 0 radical (unpaired) electrons. The van der Waals surface area contributed by atoms with E-state index in [2.05, 4.69) is 18.3 Å². The summed E-state index contributed by atoms with van der Waals surface area (Å²) in [7, 11) is 1.61. The van der Waals surface area contributed by atoms with Crippen molar-refractivity contribution in [3.05, 3.63) is 58.1 Å². The summed E-state index contributed by atoms with van der Waals surface area (Å²) in [5.74, 6) is 1.18. The SMILES string of the molecule is COc1cc(CNCCCO)cc(Cl)c1OCc1ccccc1C. The van der Waals surface area contributed by atoms with Crippen molar-refractivity contribution in [3.63, 3.8) is 0 Å². The third-order valence-corrected chi connectivity index (χ3v) is 4.04. The summed E-state index contributed by atoms with van der Waals surface area (Å²) in [6.45, 7) is 4.09. The van der Waals surface area contributed by atoms with E-state index < -0.39 is 0 Å². The van der Waals surface area contributed by atoms with Crippen LogP contribution in [-0.4, -0.2) is 25.4 Å². The van der Waals surface area contributed by atoms with Gasteiger partial charge in [0.25, 0.3) is 0 Å². The van der Waals surface area contributed by atoms with Crippen LogP contribution in [0.4, 0.5) is 0 Å². The Labute approximate surface area is 148 Å². The minimum absolute atomic E-state index is 0.183. The fourth-order valence-electron chi connectivity index (χ4n) is 2.37. The number of halogens is 1. The largest absolute Gasteiger partial charge is 0.493 e. The minimum atomic E-state index is 0.183. The van der Waals surface area contributed by atoms with Crippen LogP contribution in [0.3, 0.4) is 0 Å². The lowest BCUT2D eigenvalue weighted by Crippen LogP contribution is -2.15. The first-order valence-electron chi connectivity index (χ1n) is 8.01. The number of aryl methyl sites for hydroxylation is 1. The van der Waals surface area contributed by atoms with Crippen LogP contribution in [0.15, 0.2) is 36.4 Å². The molecule has 2 N–H and O–H groups in total. The second-order valence-corrected chi connectivity index (χ2v) is 5.99. The third-order valence-electron chi connectivity index (χ3n) is 3.76. The zero-order chi connectivity index (χ0) is 17.4. The maximum Gasteiger partial charge on any atom is 0.180 e. The standard InChI is InChI=1S/C19H24ClNO3/c1-14-6-3-4-7-16(14)13-24-19-17(20)10-15(11-18(19)23-2)12-21-8-5-9-22/h3-4,6-7,10-11,21-22H,5,8-9,12-13H2,1-2H3. The Hall–Kier alpha value is -1.75. The molecule has 0 atom stereocenters. The topological polar surface area (TPSA) is 50.7 Å². The van der Waals surface area contributed by atoms with Crippen LogP contribution in [0.1, 0.15) is 23.1 Å². The molecule has 0 saturated heterocycles. The van der Waals surface area contributed by atoms with E-state index in [1.165, 1.54) is 5.56 Å². The molecule has 0 fully saturated rings. The van der Waals surface area contributed by atoms with Crippen LogP contribution in [0, 0.1) is 6.92 Å². The van der Waals surface area contributed by atoms with Gasteiger partial charge in [-0.25, -0.2) is 0 Å². The van der Waals surface area contributed by atoms with Crippen LogP contribution < -0.4 is 14.8 Å². The molecule has 0 aliphatic rings. The maximum absolute atomic E-state index is 8.80. The summed E-state index contributed by atoms with van der Waals surface area (Å²) >= 11 is 6.39. The molecule has 24 heavy (non-hydrogen) atoms. The van der Waals surface area contributed by atoms with E-state index in [1.54, 1.807) is 7.11 Å². The molecule has 0 spiro atoms. The van der Waals surface area contributed by atoms with Gasteiger partial charge in [0.1, 0.15) is 6.61 Å². The Morgan fingerprint density at radius 3 is 2.71 bits per heavy atom. The second-order valence-electron chi connectivity index (χ2n) is 5.58. The molecule has 0 aromatic heterocycles. The first-order valence-corrected chi connectivity index (χ1v) is 8.38. The van der Waals surface area contributed by atoms with E-state index in [4.69, 9.17) is 26.2 Å². The van der Waals surface area contributed by atoms with E-state index >= 15 is 0 Å². The minimum Gasteiger partial charge on any atom is -0.493 e. The monoisotopic (exact) mass is 349 g/mol. The number of benzene rings is 2. The van der Waals surface area contributed by atoms with Crippen molar-refractivity contribution in [1.29, 1.82) is 0 Å². The quantitative estimate of drug-likeness (QED) is 0.678. The van der Waals surface area contributed by atoms with Crippen LogP contribution in [0.5, 0.6) is 11.5 Å². The van der Waals surface area contributed by atoms with Crippen molar-refractivity contribution in [2.75, 3.05) is 20.3 Å². The highest BCUT2D eigenvalue weighted by molar-refractivity contribution is 6.32. The summed E-state index contributed by atoms with van der Waals surface area (Å²) in [6.07, 6.45) is 0.725. The molecule has 0 saturated carbocycles. The number of aliphatic hydroxyl groups is 1. The molecule has 4 nitrogen and oxygen atoms in total. The molecule has 130 valence electrons. The van der Waals surface area contributed by atoms with Gasteiger partial charge < -0.3 is 19.9 Å². The molecule has 2 aromatic carbocycles. The summed E-state index contributed by atoms with van der Waals surface area (Å²) < 4.78 is 11.3. The van der Waals surface area contributed by atoms with Crippen molar-refractivity contribution in [1.82, 2.24) is 5.32 Å². The number of hydrogen-bond acceptors (Lipinski definition) is 4. The van der Waals surface area contributed by atoms with Gasteiger partial charge in [-0.15, -0.1) is 0 Å². The lowest BCUT2D eigenvalue weighted by molar-refractivity contribution is 0.283. The zero-order valence-electron chi connectivity index (χ0n) is 14.1. The van der Waals surface area contributed by atoms with Gasteiger partial charge in [-0.05, 0) is 48.7 Å². The van der Waals surface area contributed by atoms with Crippen molar-refractivity contribution in [2.45, 2.75) is 26.5 Å². The fraction of sp³-hybridized carbons (Fsp3) is 0.368. The number of methoxy groups -OCH3 is 1. The summed E-state index contributed by atoms with van der Waals surface area (Å²) in [5, 5.41) is 12.6. The van der Waals surface area contributed by atoms with Crippen LogP contribution in [0.25, 0.3) is 0 Å².